The summed E-state index contributed by atoms with van der Waals surface area (Å²) in [6, 6.07) is 49.2. The maximum absolute atomic E-state index is 6.53. The lowest BCUT2D eigenvalue weighted by atomic mass is 9.92. The molecule has 0 aliphatic heterocycles. The minimum Gasteiger partial charge on any atom is -0.435 e. The van der Waals surface area contributed by atoms with Gasteiger partial charge in [-0.15, -0.1) is 0 Å². The van der Waals surface area contributed by atoms with Crippen LogP contribution in [-0.2, 0) is 0 Å². The van der Waals surface area contributed by atoms with Gasteiger partial charge in [0.2, 0.25) is 5.89 Å². The van der Waals surface area contributed by atoms with Crippen LogP contribution in [0.1, 0.15) is 0 Å². The molecule has 0 fully saturated rings. The second-order valence-electron chi connectivity index (χ2n) is 11.0. The summed E-state index contributed by atoms with van der Waals surface area (Å²) in [4.78, 5) is 20.2. The van der Waals surface area contributed by atoms with Crippen molar-refractivity contribution in [3.8, 4) is 45.6 Å². The third-order valence-corrected chi connectivity index (χ3v) is 8.33. The molecule has 0 radical (unpaired) electrons. The van der Waals surface area contributed by atoms with Gasteiger partial charge in [-0.2, -0.15) is 0 Å². The molecule has 0 atom stereocenters. The molecule has 0 amide bonds. The molecule has 5 heteroatoms. The van der Waals surface area contributed by atoms with Crippen LogP contribution in [0.3, 0.4) is 0 Å². The first-order valence-corrected chi connectivity index (χ1v) is 14.9. The van der Waals surface area contributed by atoms with Gasteiger partial charge in [-0.1, -0.05) is 127 Å². The molecule has 7 aromatic carbocycles. The Bertz CT molecular complexity index is 2470. The molecule has 0 spiro atoms. The monoisotopic (exact) mass is 576 g/mol. The third-order valence-electron chi connectivity index (χ3n) is 8.33. The number of rotatable bonds is 4. The van der Waals surface area contributed by atoms with Crippen molar-refractivity contribution in [3.63, 3.8) is 0 Å². The van der Waals surface area contributed by atoms with Gasteiger partial charge in [0.1, 0.15) is 5.52 Å². The van der Waals surface area contributed by atoms with E-state index in [4.69, 9.17) is 24.4 Å². The Balaban J connectivity index is 1.41. The summed E-state index contributed by atoms with van der Waals surface area (Å²) in [6.45, 7) is 0. The fraction of sp³-hybridized carbons (Fsp3) is 0. The van der Waals surface area contributed by atoms with E-state index in [9.17, 15) is 0 Å². The van der Waals surface area contributed by atoms with Crippen molar-refractivity contribution in [1.29, 1.82) is 0 Å². The third kappa shape index (κ3) is 4.17. The molecule has 0 saturated heterocycles. The molecule has 2 heterocycles. The smallest absolute Gasteiger partial charge is 0.227 e. The first kappa shape index (κ1) is 25.3. The standard InChI is InChI=1S/C40H24N4O/c1-4-14-25(15-5-1)37-42-38(26-16-6-2-7-17-26)44-39(43-37)32-24-33-34(29-21-11-10-20-28(29)32)30-22-12-13-23-31(30)36-35(33)41-40(45-36)27-18-8-3-9-19-27/h1-24H. The summed E-state index contributed by atoms with van der Waals surface area (Å²) in [5.41, 5.74) is 5.29. The first-order valence-electron chi connectivity index (χ1n) is 14.9. The van der Waals surface area contributed by atoms with Crippen LogP contribution in [0, 0.1) is 0 Å². The highest BCUT2D eigenvalue weighted by Gasteiger charge is 2.21. The quantitative estimate of drug-likeness (QED) is 0.195. The second-order valence-corrected chi connectivity index (χ2v) is 11.0. The predicted octanol–water partition coefficient (Wildman–Crippen LogP) is 10.1. The van der Waals surface area contributed by atoms with E-state index in [1.165, 1.54) is 0 Å². The SMILES string of the molecule is c1ccc(-c2nc(-c3ccccc3)nc(-c3cc4c5nc(-c6ccccc6)oc5c5ccccc5c4c4ccccc34)n2)cc1. The molecule has 5 nitrogen and oxygen atoms in total. The highest BCUT2D eigenvalue weighted by Crippen LogP contribution is 2.43. The molecule has 0 bridgehead atoms. The van der Waals surface area contributed by atoms with Crippen molar-refractivity contribution in [1.82, 2.24) is 19.9 Å². The van der Waals surface area contributed by atoms with Crippen molar-refractivity contribution in [2.45, 2.75) is 0 Å². The number of hydrogen-bond acceptors (Lipinski definition) is 5. The molecule has 45 heavy (non-hydrogen) atoms. The molecule has 210 valence electrons. The second kappa shape index (κ2) is 10.2. The zero-order valence-electron chi connectivity index (χ0n) is 24.1. The first-order chi connectivity index (χ1) is 22.3. The summed E-state index contributed by atoms with van der Waals surface area (Å²) in [5.74, 6) is 2.45. The lowest BCUT2D eigenvalue weighted by Gasteiger charge is -2.14. The Hall–Kier alpha value is -6.20. The van der Waals surface area contributed by atoms with Crippen molar-refractivity contribution in [2.75, 3.05) is 0 Å². The van der Waals surface area contributed by atoms with Crippen molar-refractivity contribution in [2.24, 2.45) is 0 Å². The van der Waals surface area contributed by atoms with Crippen molar-refractivity contribution in [3.05, 3.63) is 146 Å². The van der Waals surface area contributed by atoms with Crippen LogP contribution >= 0.6 is 0 Å². The zero-order chi connectivity index (χ0) is 29.7. The Labute approximate surface area is 258 Å². The normalized spacial score (nSPS) is 11.6. The van der Waals surface area contributed by atoms with Gasteiger partial charge < -0.3 is 4.42 Å². The van der Waals surface area contributed by atoms with Crippen molar-refractivity contribution >= 4 is 43.4 Å². The molecule has 9 rings (SSSR count). The van der Waals surface area contributed by atoms with E-state index in [0.29, 0.717) is 23.4 Å². The van der Waals surface area contributed by atoms with E-state index < -0.39 is 0 Å². The molecule has 0 N–H and O–H groups in total. The van der Waals surface area contributed by atoms with E-state index in [-0.39, 0.29) is 0 Å². The Morgan fingerprint density at radius 3 is 1.44 bits per heavy atom. The van der Waals surface area contributed by atoms with E-state index in [1.54, 1.807) is 0 Å². The van der Waals surface area contributed by atoms with Crippen LogP contribution in [0.5, 0.6) is 0 Å². The number of nitrogens with zero attached hydrogens (tertiary/aromatic N) is 4. The topological polar surface area (TPSA) is 64.7 Å². The molecule has 0 unspecified atom stereocenters. The molecule has 2 aromatic heterocycles. The van der Waals surface area contributed by atoms with Crippen LogP contribution in [0.25, 0.3) is 89.0 Å². The van der Waals surface area contributed by atoms with E-state index >= 15 is 0 Å². The minimum atomic E-state index is 0.593. The lowest BCUT2D eigenvalue weighted by molar-refractivity contribution is 0.623. The van der Waals surface area contributed by atoms with Crippen molar-refractivity contribution < 1.29 is 4.42 Å². The summed E-state index contributed by atoms with van der Waals surface area (Å²) >= 11 is 0. The molecule has 0 aliphatic rings. The molecule has 0 saturated carbocycles. The Morgan fingerprint density at radius 1 is 0.378 bits per heavy atom. The number of aromatic nitrogens is 4. The van der Waals surface area contributed by atoms with Gasteiger partial charge in [0, 0.05) is 33.0 Å². The van der Waals surface area contributed by atoms with Crippen LogP contribution in [0.4, 0.5) is 0 Å². The number of hydrogen-bond donors (Lipinski definition) is 0. The van der Waals surface area contributed by atoms with E-state index in [0.717, 1.165) is 65.7 Å². The average molecular weight is 577 g/mol. The number of oxazole rings is 1. The van der Waals surface area contributed by atoms with E-state index in [1.807, 2.05) is 91.0 Å². The fourth-order valence-electron chi connectivity index (χ4n) is 6.25. The van der Waals surface area contributed by atoms with Gasteiger partial charge in [-0.25, -0.2) is 19.9 Å². The predicted molar refractivity (Wildman–Crippen MR) is 182 cm³/mol. The van der Waals surface area contributed by atoms with Crippen LogP contribution in [0.15, 0.2) is 150 Å². The maximum Gasteiger partial charge on any atom is 0.227 e. The number of fused-ring (bicyclic) bond motifs is 8. The van der Waals surface area contributed by atoms with Crippen LogP contribution in [-0.4, -0.2) is 19.9 Å². The largest absolute Gasteiger partial charge is 0.435 e. The summed E-state index contributed by atoms with van der Waals surface area (Å²) < 4.78 is 6.53. The highest BCUT2D eigenvalue weighted by molar-refractivity contribution is 6.31. The fourth-order valence-corrected chi connectivity index (χ4v) is 6.25. The van der Waals surface area contributed by atoms with Gasteiger partial charge in [-0.3, -0.25) is 0 Å². The highest BCUT2D eigenvalue weighted by atomic mass is 16.3. The number of benzene rings is 7. The molecule has 0 aliphatic carbocycles. The van der Waals surface area contributed by atoms with Crippen LogP contribution in [0.2, 0.25) is 0 Å². The minimum absolute atomic E-state index is 0.593. The average Bonchev–Trinajstić information content (AvgIpc) is 3.58. The van der Waals surface area contributed by atoms with Gasteiger partial charge in [-0.05, 0) is 39.7 Å². The summed E-state index contributed by atoms with van der Waals surface area (Å²) in [7, 11) is 0. The molecule has 9 aromatic rings. The van der Waals surface area contributed by atoms with Gasteiger partial charge >= 0.3 is 0 Å². The zero-order valence-corrected chi connectivity index (χ0v) is 24.1. The van der Waals surface area contributed by atoms with Gasteiger partial charge in [0.15, 0.2) is 23.1 Å². The van der Waals surface area contributed by atoms with Gasteiger partial charge in [0.25, 0.3) is 0 Å². The summed E-state index contributed by atoms with van der Waals surface area (Å²) in [6.07, 6.45) is 0. The van der Waals surface area contributed by atoms with E-state index in [2.05, 4.69) is 54.6 Å². The van der Waals surface area contributed by atoms with Gasteiger partial charge in [0.05, 0.1) is 0 Å². The molecular formula is C40H24N4O. The maximum atomic E-state index is 6.53. The van der Waals surface area contributed by atoms with Crippen LogP contribution < -0.4 is 0 Å². The summed E-state index contributed by atoms with van der Waals surface area (Å²) in [5, 5.41) is 6.44. The Morgan fingerprint density at radius 2 is 0.844 bits per heavy atom. The molecular weight excluding hydrogens is 552 g/mol. The Kier molecular flexibility index (Phi) is 5.74. The lowest BCUT2D eigenvalue weighted by Crippen LogP contribution is -2.00.